The molecule has 6 heteroatoms. The third kappa shape index (κ3) is 3.79. The summed E-state index contributed by atoms with van der Waals surface area (Å²) in [4.78, 5) is 39.4. The lowest BCUT2D eigenvalue weighted by Crippen LogP contribution is -2.43. The summed E-state index contributed by atoms with van der Waals surface area (Å²) in [5, 5.41) is 2.84. The number of benzene rings is 2. The van der Waals surface area contributed by atoms with Crippen LogP contribution in [0, 0.1) is 17.7 Å². The predicted octanol–water partition coefficient (Wildman–Crippen LogP) is 3.54. The van der Waals surface area contributed by atoms with Crippen LogP contribution in [-0.4, -0.2) is 29.2 Å². The Bertz CT molecular complexity index is 924. The topological polar surface area (TPSA) is 66.5 Å². The van der Waals surface area contributed by atoms with Crippen molar-refractivity contribution in [2.45, 2.75) is 32.2 Å². The van der Waals surface area contributed by atoms with Gasteiger partial charge in [-0.2, -0.15) is 0 Å². The third-order valence-electron chi connectivity index (χ3n) is 5.95. The normalized spacial score (nSPS) is 21.2. The lowest BCUT2D eigenvalue weighted by Gasteiger charge is -2.32. The van der Waals surface area contributed by atoms with E-state index in [-0.39, 0.29) is 48.5 Å². The van der Waals surface area contributed by atoms with Gasteiger partial charge in [0.1, 0.15) is 5.82 Å². The van der Waals surface area contributed by atoms with Gasteiger partial charge in [-0.05, 0) is 37.0 Å². The van der Waals surface area contributed by atoms with E-state index in [1.165, 1.54) is 11.0 Å². The number of carbonyl (C=O) groups excluding carboxylic acids is 3. The maximum Gasteiger partial charge on any atom is 0.261 e. The highest BCUT2D eigenvalue weighted by molar-refractivity contribution is 6.21. The van der Waals surface area contributed by atoms with Crippen molar-refractivity contribution in [1.82, 2.24) is 10.2 Å². The van der Waals surface area contributed by atoms with Gasteiger partial charge in [0, 0.05) is 24.6 Å². The third-order valence-corrected chi connectivity index (χ3v) is 5.95. The first-order chi connectivity index (χ1) is 14.1. The molecule has 1 N–H and O–H groups in total. The van der Waals surface area contributed by atoms with Crippen LogP contribution in [0.25, 0.3) is 0 Å². The van der Waals surface area contributed by atoms with Crippen LogP contribution in [0.4, 0.5) is 4.39 Å². The van der Waals surface area contributed by atoms with Gasteiger partial charge in [-0.3, -0.25) is 19.3 Å². The summed E-state index contributed by atoms with van der Waals surface area (Å²) >= 11 is 0. The van der Waals surface area contributed by atoms with Crippen molar-refractivity contribution in [2.24, 2.45) is 11.8 Å². The molecule has 5 nitrogen and oxygen atoms in total. The van der Waals surface area contributed by atoms with Crippen molar-refractivity contribution < 1.29 is 18.8 Å². The van der Waals surface area contributed by atoms with Gasteiger partial charge in [-0.1, -0.05) is 43.2 Å². The van der Waals surface area contributed by atoms with Crippen LogP contribution in [0.3, 0.4) is 0 Å². The first-order valence-electron chi connectivity index (χ1n) is 10.0. The first-order valence-corrected chi connectivity index (χ1v) is 10.0. The van der Waals surface area contributed by atoms with Gasteiger partial charge in [0.15, 0.2) is 0 Å². The van der Waals surface area contributed by atoms with Crippen molar-refractivity contribution in [3.8, 4) is 0 Å². The molecule has 1 heterocycles. The molecule has 2 aliphatic rings. The van der Waals surface area contributed by atoms with E-state index >= 15 is 0 Å². The molecular formula is C23H23FN2O3. The summed E-state index contributed by atoms with van der Waals surface area (Å²) in [6.07, 6.45) is 3.38. The molecule has 1 saturated carbocycles. The Morgan fingerprint density at radius 2 is 1.59 bits per heavy atom. The number of imide groups is 1. The molecule has 3 amide bonds. The number of halogens is 1. The number of amides is 3. The molecule has 2 atom stereocenters. The maximum atomic E-state index is 13.8. The highest BCUT2D eigenvalue weighted by atomic mass is 19.1. The van der Waals surface area contributed by atoms with Crippen LogP contribution in [0.5, 0.6) is 0 Å². The molecule has 29 heavy (non-hydrogen) atoms. The zero-order valence-electron chi connectivity index (χ0n) is 16.1. The minimum Gasteiger partial charge on any atom is -0.352 e. The molecule has 2 aromatic rings. The van der Waals surface area contributed by atoms with Crippen molar-refractivity contribution in [3.05, 3.63) is 71.0 Å². The molecule has 4 rings (SSSR count). The second-order valence-corrected chi connectivity index (χ2v) is 7.73. The van der Waals surface area contributed by atoms with Gasteiger partial charge in [0.2, 0.25) is 5.91 Å². The average Bonchev–Trinajstić information content (AvgIpc) is 2.98. The van der Waals surface area contributed by atoms with Gasteiger partial charge in [-0.15, -0.1) is 0 Å². The maximum absolute atomic E-state index is 13.8. The number of hydrogen-bond acceptors (Lipinski definition) is 3. The van der Waals surface area contributed by atoms with E-state index in [0.717, 1.165) is 19.3 Å². The van der Waals surface area contributed by atoms with E-state index < -0.39 is 0 Å². The Kier molecular flexibility index (Phi) is 5.43. The first kappa shape index (κ1) is 19.3. The number of fused-ring (bicyclic) bond motifs is 1. The lowest BCUT2D eigenvalue weighted by molar-refractivity contribution is -0.128. The van der Waals surface area contributed by atoms with E-state index in [1.54, 1.807) is 42.5 Å². The fourth-order valence-corrected chi connectivity index (χ4v) is 4.37. The summed E-state index contributed by atoms with van der Waals surface area (Å²) in [7, 11) is 0. The standard InChI is InChI=1S/C23H23FN2O3/c24-20-12-6-2-7-15(20)13-25-21(27)17-9-3-1-8-16(17)14-26-22(28)18-10-4-5-11-19(18)23(26)29/h2,4-7,10-12,16-17H,1,3,8-9,13-14H2,(H,25,27). The molecule has 0 radical (unpaired) electrons. The van der Waals surface area contributed by atoms with Crippen LogP contribution >= 0.6 is 0 Å². The van der Waals surface area contributed by atoms with E-state index in [1.807, 2.05) is 0 Å². The second kappa shape index (κ2) is 8.15. The second-order valence-electron chi connectivity index (χ2n) is 7.73. The molecule has 0 saturated heterocycles. The summed E-state index contributed by atoms with van der Waals surface area (Å²) in [6, 6.07) is 13.2. The van der Waals surface area contributed by atoms with Crippen LogP contribution in [-0.2, 0) is 11.3 Å². The van der Waals surface area contributed by atoms with Gasteiger partial charge in [0.25, 0.3) is 11.8 Å². The van der Waals surface area contributed by atoms with Crippen LogP contribution in [0.15, 0.2) is 48.5 Å². The number of rotatable bonds is 5. The van der Waals surface area contributed by atoms with Crippen molar-refractivity contribution in [3.63, 3.8) is 0 Å². The molecule has 1 aliphatic heterocycles. The van der Waals surface area contributed by atoms with Crippen LogP contribution in [0.1, 0.15) is 52.0 Å². The fraction of sp³-hybridized carbons (Fsp3) is 0.348. The van der Waals surface area contributed by atoms with Crippen LogP contribution in [0.2, 0.25) is 0 Å². The zero-order chi connectivity index (χ0) is 20.4. The summed E-state index contributed by atoms with van der Waals surface area (Å²) < 4.78 is 13.8. The minimum absolute atomic E-state index is 0.0911. The molecule has 150 valence electrons. The summed E-state index contributed by atoms with van der Waals surface area (Å²) in [6.45, 7) is 0.367. The summed E-state index contributed by atoms with van der Waals surface area (Å²) in [5.74, 6) is -1.46. The predicted molar refractivity (Wildman–Crippen MR) is 106 cm³/mol. The van der Waals surface area contributed by atoms with E-state index in [4.69, 9.17) is 0 Å². The van der Waals surface area contributed by atoms with Crippen LogP contribution < -0.4 is 5.32 Å². The molecule has 2 unspecified atom stereocenters. The Morgan fingerprint density at radius 1 is 0.966 bits per heavy atom. The number of nitrogens with one attached hydrogen (secondary N) is 1. The molecule has 0 bridgehead atoms. The highest BCUT2D eigenvalue weighted by Gasteiger charge is 2.39. The fourth-order valence-electron chi connectivity index (χ4n) is 4.37. The SMILES string of the molecule is O=C(NCc1ccccc1F)C1CCCCC1CN1C(=O)c2ccccc2C1=O. The van der Waals surface area contributed by atoms with Crippen molar-refractivity contribution >= 4 is 17.7 Å². The Morgan fingerprint density at radius 3 is 2.28 bits per heavy atom. The van der Waals surface area contributed by atoms with E-state index in [0.29, 0.717) is 23.1 Å². The van der Waals surface area contributed by atoms with Crippen molar-refractivity contribution in [2.75, 3.05) is 6.54 Å². The number of nitrogens with zero attached hydrogens (tertiary/aromatic N) is 1. The molecule has 1 aliphatic carbocycles. The molecule has 2 aromatic carbocycles. The highest BCUT2D eigenvalue weighted by Crippen LogP contribution is 2.33. The Hall–Kier alpha value is -3.02. The lowest BCUT2D eigenvalue weighted by atomic mass is 9.78. The number of carbonyl (C=O) groups is 3. The minimum atomic E-state index is -0.348. The van der Waals surface area contributed by atoms with Gasteiger partial charge in [0.05, 0.1) is 11.1 Å². The van der Waals surface area contributed by atoms with E-state index in [2.05, 4.69) is 5.32 Å². The molecule has 1 fully saturated rings. The molecule has 0 spiro atoms. The van der Waals surface area contributed by atoms with Gasteiger partial charge in [-0.25, -0.2) is 4.39 Å². The quantitative estimate of drug-likeness (QED) is 0.789. The molecule has 0 aromatic heterocycles. The molecular weight excluding hydrogens is 371 g/mol. The number of hydrogen-bond donors (Lipinski definition) is 1. The Labute approximate surface area is 168 Å². The zero-order valence-corrected chi connectivity index (χ0v) is 16.1. The van der Waals surface area contributed by atoms with Crippen molar-refractivity contribution in [1.29, 1.82) is 0 Å². The smallest absolute Gasteiger partial charge is 0.261 e. The van der Waals surface area contributed by atoms with Gasteiger partial charge < -0.3 is 5.32 Å². The monoisotopic (exact) mass is 394 g/mol. The largest absolute Gasteiger partial charge is 0.352 e. The van der Waals surface area contributed by atoms with Gasteiger partial charge >= 0.3 is 0 Å². The Balaban J connectivity index is 1.44. The summed E-state index contributed by atoms with van der Waals surface area (Å²) in [5.41, 5.74) is 1.29. The average molecular weight is 394 g/mol. The van der Waals surface area contributed by atoms with E-state index in [9.17, 15) is 18.8 Å².